The summed E-state index contributed by atoms with van der Waals surface area (Å²) in [5.41, 5.74) is 4.99. The van der Waals surface area contributed by atoms with Crippen molar-refractivity contribution in [3.8, 4) is 0 Å². The lowest BCUT2D eigenvalue weighted by molar-refractivity contribution is 0.447. The molecule has 0 amide bonds. The molecule has 0 spiro atoms. The second-order valence-electron chi connectivity index (χ2n) is 7.68. The molecule has 1 N–H and O–H groups in total. The zero-order valence-corrected chi connectivity index (χ0v) is 17.8. The summed E-state index contributed by atoms with van der Waals surface area (Å²) in [5.74, 6) is 0.752. The summed E-state index contributed by atoms with van der Waals surface area (Å²) in [7, 11) is -3.65. The van der Waals surface area contributed by atoms with Crippen LogP contribution in [0.15, 0.2) is 64.1 Å². The highest BCUT2D eigenvalue weighted by atomic mass is 32.2. The van der Waals surface area contributed by atoms with Gasteiger partial charge in [0.2, 0.25) is 10.0 Å². The van der Waals surface area contributed by atoms with Crippen molar-refractivity contribution in [2.45, 2.75) is 38.1 Å². The van der Waals surface area contributed by atoms with Crippen molar-refractivity contribution in [3.63, 3.8) is 0 Å². The molecule has 2 aromatic carbocycles. The van der Waals surface area contributed by atoms with Gasteiger partial charge in [0.25, 0.3) is 0 Å². The molecule has 1 aromatic heterocycles. The Morgan fingerprint density at radius 2 is 1.79 bits per heavy atom. The zero-order chi connectivity index (χ0) is 20.6. The number of benzene rings is 2. The van der Waals surface area contributed by atoms with E-state index in [0.29, 0.717) is 4.90 Å². The van der Waals surface area contributed by atoms with E-state index in [4.69, 9.17) is 4.42 Å². The third-order valence-corrected chi connectivity index (χ3v) is 7.24. The molecule has 6 heteroatoms. The Labute approximate surface area is 172 Å². The molecular weight excluding hydrogens is 384 g/mol. The first-order chi connectivity index (χ1) is 13.9. The molecule has 1 atom stereocenters. The number of hydrogen-bond acceptors (Lipinski definition) is 4. The lowest BCUT2D eigenvalue weighted by Gasteiger charge is -2.29. The van der Waals surface area contributed by atoms with Crippen LogP contribution >= 0.6 is 0 Å². The van der Waals surface area contributed by atoms with Gasteiger partial charge in [0.15, 0.2) is 0 Å². The van der Waals surface area contributed by atoms with Crippen LogP contribution in [0.4, 0.5) is 5.69 Å². The van der Waals surface area contributed by atoms with Crippen molar-refractivity contribution in [1.29, 1.82) is 0 Å². The van der Waals surface area contributed by atoms with Crippen molar-refractivity contribution < 1.29 is 12.8 Å². The molecule has 0 radical (unpaired) electrons. The summed E-state index contributed by atoms with van der Waals surface area (Å²) in [6, 6.07) is 15.6. The summed E-state index contributed by atoms with van der Waals surface area (Å²) >= 11 is 0. The molecule has 152 valence electrons. The highest BCUT2D eigenvalue weighted by Crippen LogP contribution is 2.35. The summed E-state index contributed by atoms with van der Waals surface area (Å²) in [6.45, 7) is 6.72. The first-order valence-electron chi connectivity index (χ1n) is 9.82. The second-order valence-corrected chi connectivity index (χ2v) is 9.39. The van der Waals surface area contributed by atoms with Gasteiger partial charge in [-0.1, -0.05) is 35.9 Å². The van der Waals surface area contributed by atoms with Gasteiger partial charge in [-0.25, -0.2) is 13.1 Å². The van der Waals surface area contributed by atoms with E-state index < -0.39 is 10.0 Å². The smallest absolute Gasteiger partial charge is 0.241 e. The number of furan rings is 1. The van der Waals surface area contributed by atoms with Crippen LogP contribution in [-0.2, 0) is 16.4 Å². The maximum atomic E-state index is 13.2. The van der Waals surface area contributed by atoms with Gasteiger partial charge in [-0.15, -0.1) is 0 Å². The Morgan fingerprint density at radius 1 is 1.07 bits per heavy atom. The van der Waals surface area contributed by atoms with E-state index >= 15 is 0 Å². The van der Waals surface area contributed by atoms with E-state index in [0.717, 1.165) is 41.1 Å². The van der Waals surface area contributed by atoms with E-state index in [2.05, 4.69) is 21.8 Å². The van der Waals surface area contributed by atoms with E-state index in [1.54, 1.807) is 6.26 Å². The molecule has 1 aliphatic heterocycles. The predicted molar refractivity (Wildman–Crippen MR) is 115 cm³/mol. The molecular formula is C23H26N2O3S. The van der Waals surface area contributed by atoms with Crippen LogP contribution in [-0.4, -0.2) is 21.5 Å². The number of fused-ring (bicyclic) bond motifs is 1. The van der Waals surface area contributed by atoms with Crippen molar-refractivity contribution in [1.82, 2.24) is 4.72 Å². The fourth-order valence-electron chi connectivity index (χ4n) is 4.38. The van der Waals surface area contributed by atoms with Crippen LogP contribution in [0.2, 0.25) is 0 Å². The Morgan fingerprint density at radius 3 is 2.48 bits per heavy atom. The number of aryl methyl sites for hydroxylation is 3. The lowest BCUT2D eigenvalue weighted by Crippen LogP contribution is -2.37. The van der Waals surface area contributed by atoms with Crippen LogP contribution < -0.4 is 9.62 Å². The number of para-hydroxylation sites is 1. The number of hydrogen-bond donors (Lipinski definition) is 1. The van der Waals surface area contributed by atoms with Crippen LogP contribution in [0.5, 0.6) is 0 Å². The summed E-state index contributed by atoms with van der Waals surface area (Å²) in [4.78, 5) is 2.59. The zero-order valence-electron chi connectivity index (χ0n) is 17.0. The fraction of sp³-hybridized carbons (Fsp3) is 0.304. The average molecular weight is 411 g/mol. The maximum absolute atomic E-state index is 13.2. The van der Waals surface area contributed by atoms with Crippen molar-refractivity contribution in [2.75, 3.05) is 18.0 Å². The summed E-state index contributed by atoms with van der Waals surface area (Å²) in [6.07, 6.45) is 2.57. The summed E-state index contributed by atoms with van der Waals surface area (Å²) in [5, 5.41) is 0. The molecule has 2 heterocycles. The minimum absolute atomic E-state index is 0.213. The third-order valence-electron chi connectivity index (χ3n) is 5.51. The molecule has 3 aromatic rings. The molecule has 0 fully saturated rings. The Balaban J connectivity index is 1.64. The van der Waals surface area contributed by atoms with Gasteiger partial charge in [-0.2, -0.15) is 0 Å². The number of nitrogens with zero attached hydrogens (tertiary/aromatic N) is 1. The van der Waals surface area contributed by atoms with E-state index in [1.165, 1.54) is 5.56 Å². The highest BCUT2D eigenvalue weighted by Gasteiger charge is 2.30. The molecule has 4 rings (SSSR count). The third kappa shape index (κ3) is 3.82. The average Bonchev–Trinajstić information content (AvgIpc) is 3.31. The topological polar surface area (TPSA) is 62.6 Å². The Bertz CT molecular complexity index is 1100. The van der Waals surface area contributed by atoms with Crippen molar-refractivity contribution in [2.24, 2.45) is 0 Å². The quantitative estimate of drug-likeness (QED) is 0.659. The van der Waals surface area contributed by atoms with Gasteiger partial charge in [0.1, 0.15) is 11.8 Å². The number of anilines is 1. The normalized spacial score (nSPS) is 14.8. The number of sulfonamides is 1. The minimum Gasteiger partial charge on any atom is -0.467 e. The Hall–Kier alpha value is -2.57. The SMILES string of the molecule is Cc1cc(C)c(S(=O)(=O)NC[C@H](c2ccco2)N2CCc3ccccc32)c(C)c1. The van der Waals surface area contributed by atoms with Crippen molar-refractivity contribution >= 4 is 15.7 Å². The molecule has 0 saturated heterocycles. The minimum atomic E-state index is -3.65. The van der Waals surface area contributed by atoms with Gasteiger partial charge in [-0.3, -0.25) is 0 Å². The highest BCUT2D eigenvalue weighted by molar-refractivity contribution is 7.89. The molecule has 29 heavy (non-hydrogen) atoms. The molecule has 0 aliphatic carbocycles. The van der Waals surface area contributed by atoms with Crippen LogP contribution in [0, 0.1) is 20.8 Å². The fourth-order valence-corrected chi connectivity index (χ4v) is 5.87. The van der Waals surface area contributed by atoms with E-state index in [-0.39, 0.29) is 12.6 Å². The van der Waals surface area contributed by atoms with E-state index in [1.807, 2.05) is 57.2 Å². The molecule has 5 nitrogen and oxygen atoms in total. The lowest BCUT2D eigenvalue weighted by atomic mass is 10.1. The molecule has 0 unspecified atom stereocenters. The van der Waals surface area contributed by atoms with Gasteiger partial charge < -0.3 is 9.32 Å². The predicted octanol–water partition coefficient (Wildman–Crippen LogP) is 4.29. The first-order valence-corrected chi connectivity index (χ1v) is 11.3. The standard InChI is InChI=1S/C23H26N2O3S/c1-16-13-17(2)23(18(3)14-16)29(26,27)24-15-21(22-9-6-12-28-22)25-11-10-19-7-4-5-8-20(19)25/h4-9,12-14,21,24H,10-11,15H2,1-3H3/t21-/m1/s1. The van der Waals surface area contributed by atoms with Crippen LogP contribution in [0.1, 0.15) is 34.1 Å². The van der Waals surface area contributed by atoms with Crippen LogP contribution in [0.25, 0.3) is 0 Å². The number of nitrogens with one attached hydrogen (secondary N) is 1. The van der Waals surface area contributed by atoms with Gasteiger partial charge in [0.05, 0.1) is 11.2 Å². The number of rotatable bonds is 6. The molecule has 0 bridgehead atoms. The summed E-state index contributed by atoms with van der Waals surface area (Å²) < 4.78 is 34.8. The first kappa shape index (κ1) is 19.7. The van der Waals surface area contributed by atoms with Gasteiger partial charge >= 0.3 is 0 Å². The van der Waals surface area contributed by atoms with Gasteiger partial charge in [-0.05, 0) is 62.1 Å². The Kier molecular flexibility index (Phi) is 5.23. The molecule has 0 saturated carbocycles. The maximum Gasteiger partial charge on any atom is 0.241 e. The second kappa shape index (κ2) is 7.69. The van der Waals surface area contributed by atoms with Crippen molar-refractivity contribution in [3.05, 3.63) is 82.8 Å². The van der Waals surface area contributed by atoms with E-state index in [9.17, 15) is 8.42 Å². The largest absolute Gasteiger partial charge is 0.467 e. The van der Waals surface area contributed by atoms with Gasteiger partial charge in [0, 0.05) is 18.8 Å². The van der Waals surface area contributed by atoms with Crippen LogP contribution in [0.3, 0.4) is 0 Å². The molecule has 1 aliphatic rings. The monoisotopic (exact) mass is 410 g/mol.